The highest BCUT2D eigenvalue weighted by Gasteiger charge is 2.08. The van der Waals surface area contributed by atoms with E-state index >= 15 is 0 Å². The smallest absolute Gasteiger partial charge is 0.251 e. The Labute approximate surface area is 178 Å². The summed E-state index contributed by atoms with van der Waals surface area (Å²) in [5.74, 6) is 0.438. The highest BCUT2D eigenvalue weighted by Crippen LogP contribution is 2.16. The van der Waals surface area contributed by atoms with Crippen LogP contribution in [0.5, 0.6) is 5.75 Å². The summed E-state index contributed by atoms with van der Waals surface area (Å²) in [6.07, 6.45) is 2.86. The molecule has 3 N–H and O–H groups in total. The van der Waals surface area contributed by atoms with Crippen LogP contribution in [0.1, 0.15) is 36.5 Å². The molecule has 0 aromatic heterocycles. The molecule has 162 valence electrons. The summed E-state index contributed by atoms with van der Waals surface area (Å²) in [6, 6.07) is 14.4. The molecule has 0 saturated carbocycles. The maximum atomic E-state index is 12.2. The molecule has 2 amide bonds. The summed E-state index contributed by atoms with van der Waals surface area (Å²) in [6.45, 7) is 4.07. The largest absolute Gasteiger partial charge is 0.494 e. The Hall–Kier alpha value is -3.06. The van der Waals surface area contributed by atoms with Crippen molar-refractivity contribution in [3.05, 3.63) is 54.1 Å². The Kier molecular flexibility index (Phi) is 10.2. The number of amides is 2. The number of hydrogen-bond acceptors (Lipinski definition) is 5. The number of nitrogens with one attached hydrogen (secondary N) is 3. The first-order valence-corrected chi connectivity index (χ1v) is 10.3. The quantitative estimate of drug-likeness (QED) is 0.436. The van der Waals surface area contributed by atoms with Gasteiger partial charge in [-0.1, -0.05) is 19.4 Å². The lowest BCUT2D eigenvalue weighted by Crippen LogP contribution is -2.25. The molecule has 2 aromatic rings. The second-order valence-electron chi connectivity index (χ2n) is 6.81. The predicted octanol–water partition coefficient (Wildman–Crippen LogP) is 3.68. The van der Waals surface area contributed by atoms with Crippen molar-refractivity contribution in [1.82, 2.24) is 5.32 Å². The summed E-state index contributed by atoms with van der Waals surface area (Å²) < 4.78 is 10.6. The molecule has 0 atom stereocenters. The third-order valence-electron chi connectivity index (χ3n) is 4.29. The van der Waals surface area contributed by atoms with Gasteiger partial charge in [-0.3, -0.25) is 9.59 Å². The van der Waals surface area contributed by atoms with Crippen LogP contribution in [-0.2, 0) is 9.53 Å². The summed E-state index contributed by atoms with van der Waals surface area (Å²) in [5.41, 5.74) is 1.90. The molecule has 0 aliphatic carbocycles. The fourth-order valence-corrected chi connectivity index (χ4v) is 2.65. The zero-order valence-electron chi connectivity index (χ0n) is 17.7. The Bertz CT molecular complexity index is 793. The summed E-state index contributed by atoms with van der Waals surface area (Å²) in [7, 11) is 1.63. The first kappa shape index (κ1) is 23.2. The van der Waals surface area contributed by atoms with Gasteiger partial charge in [0.1, 0.15) is 5.75 Å². The Balaban J connectivity index is 1.78. The van der Waals surface area contributed by atoms with E-state index in [1.807, 2.05) is 24.3 Å². The van der Waals surface area contributed by atoms with Gasteiger partial charge in [0.2, 0.25) is 5.91 Å². The molecule has 2 aromatic carbocycles. The third-order valence-corrected chi connectivity index (χ3v) is 4.29. The second kappa shape index (κ2) is 13.2. The molecular weight excluding hydrogens is 382 g/mol. The van der Waals surface area contributed by atoms with Gasteiger partial charge in [-0.15, -0.1) is 0 Å². The average molecular weight is 414 g/mol. The van der Waals surface area contributed by atoms with Crippen LogP contribution in [0.3, 0.4) is 0 Å². The van der Waals surface area contributed by atoms with Crippen molar-refractivity contribution in [1.29, 1.82) is 0 Å². The Morgan fingerprint density at radius 2 is 1.77 bits per heavy atom. The van der Waals surface area contributed by atoms with E-state index in [-0.39, 0.29) is 18.4 Å². The van der Waals surface area contributed by atoms with Crippen LogP contribution in [0.15, 0.2) is 48.5 Å². The van der Waals surface area contributed by atoms with Gasteiger partial charge >= 0.3 is 0 Å². The Morgan fingerprint density at radius 3 is 2.50 bits per heavy atom. The molecule has 0 bridgehead atoms. The third kappa shape index (κ3) is 8.53. The number of unbranched alkanes of at least 4 members (excludes halogenated alkanes) is 1. The lowest BCUT2D eigenvalue weighted by Gasteiger charge is -2.10. The predicted molar refractivity (Wildman–Crippen MR) is 119 cm³/mol. The van der Waals surface area contributed by atoms with Gasteiger partial charge < -0.3 is 25.4 Å². The van der Waals surface area contributed by atoms with Crippen molar-refractivity contribution in [2.45, 2.75) is 26.2 Å². The van der Waals surface area contributed by atoms with Gasteiger partial charge in [-0.25, -0.2) is 0 Å². The number of rotatable bonds is 13. The van der Waals surface area contributed by atoms with Crippen molar-refractivity contribution in [3.63, 3.8) is 0 Å². The number of ether oxygens (including phenoxy) is 2. The molecule has 7 nitrogen and oxygen atoms in total. The van der Waals surface area contributed by atoms with Crippen LogP contribution in [0.4, 0.5) is 11.4 Å². The van der Waals surface area contributed by atoms with E-state index < -0.39 is 0 Å². The lowest BCUT2D eigenvalue weighted by molar-refractivity contribution is -0.114. The number of carbonyl (C=O) groups excluding carboxylic acids is 2. The van der Waals surface area contributed by atoms with E-state index in [1.165, 1.54) is 0 Å². The monoisotopic (exact) mass is 413 g/mol. The average Bonchev–Trinajstić information content (AvgIpc) is 2.76. The van der Waals surface area contributed by atoms with E-state index in [0.29, 0.717) is 31.0 Å². The maximum absolute atomic E-state index is 12.2. The van der Waals surface area contributed by atoms with Crippen LogP contribution in [0.25, 0.3) is 0 Å². The van der Waals surface area contributed by atoms with Crippen molar-refractivity contribution >= 4 is 23.2 Å². The number of hydrogen-bond donors (Lipinski definition) is 3. The first-order chi connectivity index (χ1) is 14.6. The number of anilines is 2. The lowest BCUT2D eigenvalue weighted by atomic mass is 10.2. The summed E-state index contributed by atoms with van der Waals surface area (Å²) in [4.78, 5) is 24.4. The minimum atomic E-state index is -0.198. The van der Waals surface area contributed by atoms with Gasteiger partial charge in [0, 0.05) is 37.2 Å². The maximum Gasteiger partial charge on any atom is 0.251 e. The molecule has 0 fully saturated rings. The minimum absolute atomic E-state index is 0.115. The molecule has 0 radical (unpaired) electrons. The molecular formula is C23H31N3O4. The van der Waals surface area contributed by atoms with E-state index in [4.69, 9.17) is 9.47 Å². The van der Waals surface area contributed by atoms with Crippen molar-refractivity contribution in [2.75, 3.05) is 44.0 Å². The summed E-state index contributed by atoms with van der Waals surface area (Å²) in [5, 5.41) is 8.71. The number of benzene rings is 2. The molecule has 7 heteroatoms. The van der Waals surface area contributed by atoms with Crippen molar-refractivity contribution < 1.29 is 19.1 Å². The SMILES string of the molecule is CCCCOc1ccc(NCC(=O)Nc2cccc(C(=O)NCCCOC)c2)cc1. The fourth-order valence-electron chi connectivity index (χ4n) is 2.65. The van der Waals surface area contributed by atoms with Crippen molar-refractivity contribution in [2.24, 2.45) is 0 Å². The van der Waals surface area contributed by atoms with E-state index in [2.05, 4.69) is 22.9 Å². The normalized spacial score (nSPS) is 10.3. The van der Waals surface area contributed by atoms with Gasteiger partial charge in [0.05, 0.1) is 13.2 Å². The fraction of sp³-hybridized carbons (Fsp3) is 0.391. The first-order valence-electron chi connectivity index (χ1n) is 10.3. The van der Waals surface area contributed by atoms with Crippen LogP contribution in [0, 0.1) is 0 Å². The van der Waals surface area contributed by atoms with E-state index in [9.17, 15) is 9.59 Å². The highest BCUT2D eigenvalue weighted by molar-refractivity contribution is 5.98. The van der Waals surface area contributed by atoms with Gasteiger partial charge in [0.25, 0.3) is 5.91 Å². The van der Waals surface area contributed by atoms with Gasteiger partial charge in [-0.05, 0) is 55.3 Å². The molecule has 0 aliphatic rings. The number of methoxy groups -OCH3 is 1. The zero-order valence-corrected chi connectivity index (χ0v) is 17.7. The van der Waals surface area contributed by atoms with E-state index in [0.717, 1.165) is 30.7 Å². The van der Waals surface area contributed by atoms with Crippen LogP contribution < -0.4 is 20.7 Å². The molecule has 0 heterocycles. The summed E-state index contributed by atoms with van der Waals surface area (Å²) >= 11 is 0. The molecule has 0 aliphatic heterocycles. The van der Waals surface area contributed by atoms with Crippen molar-refractivity contribution in [3.8, 4) is 5.75 Å². The topological polar surface area (TPSA) is 88.7 Å². The van der Waals surface area contributed by atoms with Gasteiger partial charge in [0.15, 0.2) is 0 Å². The highest BCUT2D eigenvalue weighted by atomic mass is 16.5. The van der Waals surface area contributed by atoms with E-state index in [1.54, 1.807) is 31.4 Å². The zero-order chi connectivity index (χ0) is 21.6. The Morgan fingerprint density at radius 1 is 0.967 bits per heavy atom. The number of carbonyl (C=O) groups is 2. The molecule has 30 heavy (non-hydrogen) atoms. The molecule has 2 rings (SSSR count). The van der Waals surface area contributed by atoms with Crippen LogP contribution in [0.2, 0.25) is 0 Å². The van der Waals surface area contributed by atoms with Gasteiger partial charge in [-0.2, -0.15) is 0 Å². The molecule has 0 unspecified atom stereocenters. The molecule has 0 spiro atoms. The second-order valence-corrected chi connectivity index (χ2v) is 6.81. The molecule has 0 saturated heterocycles. The van der Waals surface area contributed by atoms with Crippen LogP contribution in [-0.4, -0.2) is 45.2 Å². The standard InChI is InChI=1S/C23H31N3O4/c1-3-4-15-30-21-11-9-19(10-12-21)25-17-22(27)26-20-8-5-7-18(16-20)23(28)24-13-6-14-29-2/h5,7-12,16,25H,3-4,6,13-15,17H2,1-2H3,(H,24,28)(H,26,27). The van der Waals surface area contributed by atoms with Crippen LogP contribution >= 0.6 is 0 Å². The minimum Gasteiger partial charge on any atom is -0.494 e.